The average Bonchev–Trinajstić information content (AvgIpc) is 1.37. The van der Waals surface area contributed by atoms with Crippen LogP contribution in [0.1, 0.15) is 0 Å². The molecule has 0 unspecified atom stereocenters. The molecule has 0 aromatic heterocycles. The van der Waals surface area contributed by atoms with Crippen molar-refractivity contribution in [3.63, 3.8) is 0 Å². The number of hydrogen-bond acceptors (Lipinski definition) is 2. The van der Waals surface area contributed by atoms with E-state index in [0.29, 0.717) is 0 Å². The van der Waals surface area contributed by atoms with Gasteiger partial charge in [0.2, 0.25) is 0 Å². The molecule has 38 valence electrons. The molecule has 0 amide bonds. The van der Waals surface area contributed by atoms with Crippen molar-refractivity contribution >= 4 is 26.2 Å². The van der Waals surface area contributed by atoms with Crippen molar-refractivity contribution in [1.29, 1.82) is 0 Å². The summed E-state index contributed by atoms with van der Waals surface area (Å²) in [7, 11) is 0. The third-order valence-corrected chi connectivity index (χ3v) is 0.1000. The smallest absolute Gasteiger partial charge is 0 e. The summed E-state index contributed by atoms with van der Waals surface area (Å²) in [5, 5.41) is 15.2. The fourth-order valence-corrected chi connectivity index (χ4v) is 0. The van der Waals surface area contributed by atoms with Crippen molar-refractivity contribution < 1.29 is 31.9 Å². The van der Waals surface area contributed by atoms with Crippen LogP contribution < -0.4 is 0 Å². The van der Waals surface area contributed by atoms with Gasteiger partial charge in [-0.05, 0) is 0 Å². The standard InChI is InChI=1S/C2H6O2.Bi.Ti.3H/c3-1-2-4;;;;;/h3-4H,1-2H2;;;;;. The largest absolute Gasteiger partial charge is 0 e. The topological polar surface area (TPSA) is 40.5 Å². The molecule has 0 saturated carbocycles. The maximum Gasteiger partial charge on any atom is 0 e. The molecule has 0 rings (SSSR count). The van der Waals surface area contributed by atoms with Gasteiger partial charge in [-0.2, -0.15) is 0 Å². The zero-order chi connectivity index (χ0) is 3.41. The third-order valence-electron chi connectivity index (χ3n) is 0.1000. The van der Waals surface area contributed by atoms with Crippen LogP contribution in [0.4, 0.5) is 0 Å². The molecule has 0 heterocycles. The Labute approximate surface area is 70.9 Å². The number of rotatable bonds is 1. The van der Waals surface area contributed by atoms with Gasteiger partial charge in [-0.1, -0.05) is 0 Å². The predicted octanol–water partition coefficient (Wildman–Crippen LogP) is -2.22. The molecule has 2 nitrogen and oxygen atoms in total. The summed E-state index contributed by atoms with van der Waals surface area (Å²) in [5.41, 5.74) is 0. The Balaban J connectivity index is -0.0000000450. The van der Waals surface area contributed by atoms with Gasteiger partial charge in [0, 0.05) is 21.7 Å². The molecule has 4 heteroatoms. The van der Waals surface area contributed by atoms with Crippen molar-refractivity contribution in [3.8, 4) is 0 Å². The van der Waals surface area contributed by atoms with Gasteiger partial charge in [0.05, 0.1) is 13.2 Å². The Kier molecular flexibility index (Phi) is 41.8. The van der Waals surface area contributed by atoms with Crippen LogP contribution >= 0.6 is 0 Å². The molecule has 0 bridgehead atoms. The van der Waals surface area contributed by atoms with E-state index in [9.17, 15) is 0 Å². The van der Waals surface area contributed by atoms with Gasteiger partial charge in [-0.25, -0.2) is 0 Å². The summed E-state index contributed by atoms with van der Waals surface area (Å²) in [6.07, 6.45) is 0. The maximum atomic E-state index is 7.62. The van der Waals surface area contributed by atoms with E-state index in [-0.39, 0.29) is 61.1 Å². The predicted molar refractivity (Wildman–Crippen MR) is 24.1 cm³/mol. The Morgan fingerprint density at radius 2 is 1.17 bits per heavy atom. The third kappa shape index (κ3) is 17.8. The molecule has 0 fully saturated rings. The molecule has 0 aliphatic heterocycles. The summed E-state index contributed by atoms with van der Waals surface area (Å²) in [6.45, 7) is -0.250. The van der Waals surface area contributed by atoms with Gasteiger partial charge >= 0.3 is 26.2 Å². The summed E-state index contributed by atoms with van der Waals surface area (Å²) in [5.74, 6) is 0. The molecule has 0 atom stereocenters. The summed E-state index contributed by atoms with van der Waals surface area (Å²) in [4.78, 5) is 0. The second-order valence-corrected chi connectivity index (χ2v) is 0.447. The van der Waals surface area contributed by atoms with Gasteiger partial charge in [0.1, 0.15) is 0 Å². The van der Waals surface area contributed by atoms with Gasteiger partial charge in [0.25, 0.3) is 0 Å². The van der Waals surface area contributed by atoms with Crippen LogP contribution in [0.25, 0.3) is 0 Å². The number of aliphatic hydroxyl groups excluding tert-OH is 2. The van der Waals surface area contributed by atoms with E-state index in [1.165, 1.54) is 0 Å². The molecule has 0 saturated heterocycles. The van der Waals surface area contributed by atoms with Gasteiger partial charge in [-0.15, -0.1) is 0 Å². The number of hydrogen-bond donors (Lipinski definition) is 2. The molecule has 0 aliphatic rings. The zero-order valence-corrected chi connectivity index (χ0v) is 10.6. The minimum atomic E-state index is -0.125. The zero-order valence-electron chi connectivity index (χ0n) is 3.52. The maximum absolute atomic E-state index is 7.62. The van der Waals surface area contributed by atoms with Crippen molar-refractivity contribution in [2.75, 3.05) is 13.2 Å². The summed E-state index contributed by atoms with van der Waals surface area (Å²) < 4.78 is 0. The van der Waals surface area contributed by atoms with Crippen LogP contribution in [-0.4, -0.2) is 49.6 Å². The molecule has 0 aliphatic carbocycles. The first-order valence-electron chi connectivity index (χ1n) is 1.13. The van der Waals surface area contributed by atoms with Gasteiger partial charge < -0.3 is 10.2 Å². The Morgan fingerprint density at radius 1 is 1.00 bits per heavy atom. The first-order chi connectivity index (χ1) is 1.91. The van der Waals surface area contributed by atoms with Crippen LogP contribution in [-0.2, 0) is 21.7 Å². The average molecular weight is 322 g/mol. The van der Waals surface area contributed by atoms with Crippen molar-refractivity contribution in [2.24, 2.45) is 0 Å². The van der Waals surface area contributed by atoms with E-state index in [2.05, 4.69) is 0 Å². The van der Waals surface area contributed by atoms with Gasteiger partial charge in [-0.3, -0.25) is 0 Å². The molecule has 0 aromatic rings. The molecule has 0 aromatic carbocycles. The molecule has 6 heavy (non-hydrogen) atoms. The SMILES string of the molecule is OCCO.[BiH3].[Ti]. The fraction of sp³-hybridized carbons (Fsp3) is 1.00. The Hall–Kier alpha value is 1.52. The molecular formula is C2H9BiO2Ti. The number of aliphatic hydroxyl groups is 2. The van der Waals surface area contributed by atoms with Crippen LogP contribution in [0, 0.1) is 0 Å². The van der Waals surface area contributed by atoms with E-state index in [4.69, 9.17) is 10.2 Å². The van der Waals surface area contributed by atoms with E-state index >= 15 is 0 Å². The fourth-order valence-electron chi connectivity index (χ4n) is 0. The minimum absolute atomic E-state index is 0. The Morgan fingerprint density at radius 3 is 1.17 bits per heavy atom. The van der Waals surface area contributed by atoms with Crippen LogP contribution in [0.3, 0.4) is 0 Å². The first-order valence-corrected chi connectivity index (χ1v) is 1.13. The van der Waals surface area contributed by atoms with Crippen molar-refractivity contribution in [2.45, 2.75) is 0 Å². The van der Waals surface area contributed by atoms with E-state index in [1.807, 2.05) is 0 Å². The molecular weight excluding hydrogens is 313 g/mol. The summed E-state index contributed by atoms with van der Waals surface area (Å²) >= 11 is 0. The molecule has 2 N–H and O–H groups in total. The normalized spacial score (nSPS) is 5.00. The Bertz CT molecular complexity index is 13.5. The van der Waals surface area contributed by atoms with Crippen LogP contribution in [0.2, 0.25) is 0 Å². The molecule has 0 radical (unpaired) electrons. The first kappa shape index (κ1) is 15.6. The second kappa shape index (κ2) is 16.0. The van der Waals surface area contributed by atoms with Crippen LogP contribution in [0.5, 0.6) is 0 Å². The second-order valence-electron chi connectivity index (χ2n) is 0.447. The van der Waals surface area contributed by atoms with E-state index < -0.39 is 0 Å². The van der Waals surface area contributed by atoms with Crippen molar-refractivity contribution in [1.82, 2.24) is 0 Å². The van der Waals surface area contributed by atoms with E-state index in [0.717, 1.165) is 0 Å². The quantitative estimate of drug-likeness (QED) is 0.538. The molecule has 0 spiro atoms. The van der Waals surface area contributed by atoms with Crippen molar-refractivity contribution in [3.05, 3.63) is 0 Å². The van der Waals surface area contributed by atoms with E-state index in [1.54, 1.807) is 0 Å². The monoisotopic (exact) mass is 322 g/mol. The summed E-state index contributed by atoms with van der Waals surface area (Å²) in [6, 6.07) is 0. The van der Waals surface area contributed by atoms with Crippen LogP contribution in [0.15, 0.2) is 0 Å². The minimum Gasteiger partial charge on any atom is 0 e. The van der Waals surface area contributed by atoms with Gasteiger partial charge in [0.15, 0.2) is 0 Å².